The fourth-order valence-corrected chi connectivity index (χ4v) is 3.00. The number of likely N-dealkylation sites (N-methyl/N-ethyl adjacent to an activating group) is 1. The molecule has 1 aromatic carbocycles. The van der Waals surface area contributed by atoms with Gasteiger partial charge in [0.05, 0.1) is 7.11 Å². The van der Waals surface area contributed by atoms with E-state index in [2.05, 4.69) is 20.2 Å². The van der Waals surface area contributed by atoms with Crippen LogP contribution in [0.3, 0.4) is 0 Å². The maximum atomic E-state index is 12.5. The molecule has 0 atom stereocenters. The van der Waals surface area contributed by atoms with Crippen LogP contribution in [0.5, 0.6) is 5.75 Å². The third-order valence-corrected chi connectivity index (χ3v) is 4.74. The summed E-state index contributed by atoms with van der Waals surface area (Å²) in [6.07, 6.45) is 6.92. The van der Waals surface area contributed by atoms with E-state index < -0.39 is 0 Å². The van der Waals surface area contributed by atoms with E-state index in [1.807, 2.05) is 55.6 Å². The molecular formula is C23H26N4O2. The first-order valence-corrected chi connectivity index (χ1v) is 9.63. The van der Waals surface area contributed by atoms with Gasteiger partial charge in [-0.3, -0.25) is 14.8 Å². The van der Waals surface area contributed by atoms with Gasteiger partial charge in [-0.05, 0) is 60.4 Å². The average Bonchev–Trinajstić information content (AvgIpc) is 2.78. The predicted octanol–water partition coefficient (Wildman–Crippen LogP) is 3.14. The summed E-state index contributed by atoms with van der Waals surface area (Å²) in [7, 11) is 3.66. The lowest BCUT2D eigenvalue weighted by molar-refractivity contribution is 0.0949. The van der Waals surface area contributed by atoms with E-state index in [4.69, 9.17) is 4.74 Å². The molecule has 6 nitrogen and oxygen atoms in total. The number of carbonyl (C=O) groups excluding carboxylic acids is 1. The Hall–Kier alpha value is -3.41. The number of aromatic nitrogens is 2. The topological polar surface area (TPSA) is 67.3 Å². The number of benzene rings is 1. The number of ether oxygens (including phenoxy) is 1. The van der Waals surface area contributed by atoms with Gasteiger partial charge in [-0.25, -0.2) is 0 Å². The molecule has 1 N–H and O–H groups in total. The first kappa shape index (κ1) is 20.3. The molecule has 150 valence electrons. The molecule has 6 heteroatoms. The lowest BCUT2D eigenvalue weighted by Gasteiger charge is -2.19. The molecule has 0 radical (unpaired) electrons. The Morgan fingerprint density at radius 2 is 1.86 bits per heavy atom. The minimum absolute atomic E-state index is 0.169. The molecular weight excluding hydrogens is 364 g/mol. The summed E-state index contributed by atoms with van der Waals surface area (Å²) in [5, 5.41) is 2.94. The zero-order valence-corrected chi connectivity index (χ0v) is 16.8. The molecule has 0 unspecified atom stereocenters. The van der Waals surface area contributed by atoms with Gasteiger partial charge in [0.15, 0.2) is 0 Å². The molecule has 0 spiro atoms. The van der Waals surface area contributed by atoms with Crippen molar-refractivity contribution in [2.24, 2.45) is 0 Å². The van der Waals surface area contributed by atoms with Gasteiger partial charge in [-0.15, -0.1) is 0 Å². The molecule has 0 saturated heterocycles. The third-order valence-electron chi connectivity index (χ3n) is 4.74. The number of nitrogens with zero attached hydrogens (tertiary/aromatic N) is 3. The Morgan fingerprint density at radius 1 is 1.03 bits per heavy atom. The second-order valence-corrected chi connectivity index (χ2v) is 6.78. The number of pyridine rings is 2. The highest BCUT2D eigenvalue weighted by Gasteiger charge is 2.10. The molecule has 3 aromatic rings. The summed E-state index contributed by atoms with van der Waals surface area (Å²) < 4.78 is 5.23. The Labute approximate surface area is 171 Å². The van der Waals surface area contributed by atoms with Crippen LogP contribution in [-0.4, -0.2) is 43.1 Å². The number of nitrogens with one attached hydrogen (secondary N) is 1. The molecule has 3 rings (SSSR count). The highest BCUT2D eigenvalue weighted by atomic mass is 16.5. The van der Waals surface area contributed by atoms with Gasteiger partial charge in [-0.2, -0.15) is 0 Å². The van der Waals surface area contributed by atoms with Crippen molar-refractivity contribution in [3.63, 3.8) is 0 Å². The van der Waals surface area contributed by atoms with E-state index in [-0.39, 0.29) is 5.91 Å². The van der Waals surface area contributed by atoms with Crippen LogP contribution in [0.1, 0.15) is 21.6 Å². The van der Waals surface area contributed by atoms with Gasteiger partial charge in [0.25, 0.3) is 5.91 Å². The second kappa shape index (κ2) is 10.2. The van der Waals surface area contributed by atoms with Gasteiger partial charge in [-0.1, -0.05) is 12.1 Å². The van der Waals surface area contributed by atoms with Crippen molar-refractivity contribution in [3.05, 3.63) is 83.9 Å². The number of rotatable bonds is 9. The zero-order valence-electron chi connectivity index (χ0n) is 16.8. The molecule has 0 bridgehead atoms. The van der Waals surface area contributed by atoms with Crippen LogP contribution in [-0.2, 0) is 12.8 Å². The quantitative estimate of drug-likeness (QED) is 0.608. The van der Waals surface area contributed by atoms with Crippen LogP contribution in [0.2, 0.25) is 0 Å². The van der Waals surface area contributed by atoms with E-state index >= 15 is 0 Å². The van der Waals surface area contributed by atoms with Crippen LogP contribution in [0, 0.1) is 0 Å². The van der Waals surface area contributed by atoms with Crippen molar-refractivity contribution in [1.29, 1.82) is 0 Å². The summed E-state index contributed by atoms with van der Waals surface area (Å²) in [4.78, 5) is 22.9. The van der Waals surface area contributed by atoms with Crippen molar-refractivity contribution in [1.82, 2.24) is 15.3 Å². The minimum Gasteiger partial charge on any atom is -0.497 e. The highest BCUT2D eigenvalue weighted by Crippen LogP contribution is 2.15. The number of anilines is 1. The van der Waals surface area contributed by atoms with Gasteiger partial charge < -0.3 is 15.0 Å². The van der Waals surface area contributed by atoms with Gasteiger partial charge >= 0.3 is 0 Å². The highest BCUT2D eigenvalue weighted by molar-refractivity contribution is 5.93. The summed E-state index contributed by atoms with van der Waals surface area (Å²) in [5.41, 5.74) is 3.73. The lowest BCUT2D eigenvalue weighted by atomic mass is 10.1. The Kier molecular flexibility index (Phi) is 7.16. The van der Waals surface area contributed by atoms with Crippen molar-refractivity contribution in [3.8, 4) is 5.75 Å². The lowest BCUT2D eigenvalue weighted by Crippen LogP contribution is -2.27. The number of amides is 1. The Bertz CT molecular complexity index is 931. The van der Waals surface area contributed by atoms with Gasteiger partial charge in [0.2, 0.25) is 0 Å². The molecule has 29 heavy (non-hydrogen) atoms. The normalized spacial score (nSPS) is 10.4. The molecule has 0 aliphatic heterocycles. The number of hydrogen-bond acceptors (Lipinski definition) is 5. The van der Waals surface area contributed by atoms with Crippen LogP contribution in [0.15, 0.2) is 67.1 Å². The maximum absolute atomic E-state index is 12.5. The van der Waals surface area contributed by atoms with Crippen molar-refractivity contribution in [2.45, 2.75) is 12.8 Å². The van der Waals surface area contributed by atoms with E-state index in [9.17, 15) is 4.79 Å². The van der Waals surface area contributed by atoms with Crippen LogP contribution < -0.4 is 15.0 Å². The van der Waals surface area contributed by atoms with E-state index in [1.165, 1.54) is 5.56 Å². The largest absolute Gasteiger partial charge is 0.497 e. The van der Waals surface area contributed by atoms with Crippen LogP contribution in [0.4, 0.5) is 5.69 Å². The molecule has 0 saturated carbocycles. The van der Waals surface area contributed by atoms with E-state index in [0.717, 1.165) is 36.4 Å². The smallest absolute Gasteiger partial charge is 0.269 e. The second-order valence-electron chi connectivity index (χ2n) is 6.78. The van der Waals surface area contributed by atoms with Crippen molar-refractivity contribution >= 4 is 11.6 Å². The van der Waals surface area contributed by atoms with E-state index in [0.29, 0.717) is 12.2 Å². The van der Waals surface area contributed by atoms with Crippen molar-refractivity contribution < 1.29 is 9.53 Å². The summed E-state index contributed by atoms with van der Waals surface area (Å²) in [5.74, 6) is 0.648. The summed E-state index contributed by atoms with van der Waals surface area (Å²) in [6.45, 7) is 1.38. The summed E-state index contributed by atoms with van der Waals surface area (Å²) >= 11 is 0. The zero-order chi connectivity index (χ0) is 20.5. The maximum Gasteiger partial charge on any atom is 0.269 e. The van der Waals surface area contributed by atoms with Crippen LogP contribution in [0.25, 0.3) is 0 Å². The number of carbonyl (C=O) groups is 1. The third kappa shape index (κ3) is 6.04. The molecule has 2 heterocycles. The fourth-order valence-electron chi connectivity index (χ4n) is 3.00. The van der Waals surface area contributed by atoms with Gasteiger partial charge in [0.1, 0.15) is 11.4 Å². The molecule has 1 amide bonds. The van der Waals surface area contributed by atoms with Crippen LogP contribution >= 0.6 is 0 Å². The Morgan fingerprint density at radius 3 is 2.66 bits per heavy atom. The van der Waals surface area contributed by atoms with Gasteiger partial charge in [0, 0.05) is 44.4 Å². The number of hydrogen-bond donors (Lipinski definition) is 1. The molecule has 0 fully saturated rings. The average molecular weight is 390 g/mol. The minimum atomic E-state index is -0.169. The van der Waals surface area contributed by atoms with Crippen molar-refractivity contribution in [2.75, 3.05) is 32.1 Å². The first-order chi connectivity index (χ1) is 14.2. The monoisotopic (exact) mass is 390 g/mol. The van der Waals surface area contributed by atoms with E-state index in [1.54, 1.807) is 25.7 Å². The molecule has 0 aliphatic carbocycles. The molecule has 0 aliphatic rings. The first-order valence-electron chi connectivity index (χ1n) is 9.63. The summed E-state index contributed by atoms with van der Waals surface area (Å²) in [6, 6.07) is 15.6. The fraction of sp³-hybridized carbons (Fsp3) is 0.261. The standard InChI is InChI=1S/C23H26N4O2/c1-27(15-10-18-6-11-24-12-7-18)20-9-14-25-22(17-20)23(28)26-13-8-19-4-3-5-21(16-19)29-2/h3-7,9,11-12,14,16-17H,8,10,13,15H2,1-2H3,(H,26,28). The SMILES string of the molecule is COc1cccc(CCNC(=O)c2cc(N(C)CCc3ccncc3)ccn2)c1. The molecule has 2 aromatic heterocycles. The number of methoxy groups -OCH3 is 1. The predicted molar refractivity (Wildman–Crippen MR) is 114 cm³/mol. The Balaban J connectivity index is 1.53.